The maximum absolute atomic E-state index is 3.57. The fourth-order valence-corrected chi connectivity index (χ4v) is 2.53. The van der Waals surface area contributed by atoms with E-state index in [-0.39, 0.29) is 5.54 Å². The molecule has 0 aliphatic heterocycles. The van der Waals surface area contributed by atoms with E-state index in [1.807, 2.05) is 0 Å². The number of hydrogen-bond donors (Lipinski definition) is 1. The molecule has 1 aromatic rings. The normalized spacial score (nSPS) is 16.0. The van der Waals surface area contributed by atoms with Crippen LogP contribution in [0.3, 0.4) is 0 Å². The van der Waals surface area contributed by atoms with Crippen molar-refractivity contribution in [1.29, 1.82) is 0 Å². The molecule has 1 N–H and O–H groups in total. The third kappa shape index (κ3) is 6.19. The van der Waals surface area contributed by atoms with Gasteiger partial charge in [-0.2, -0.15) is 0 Å². The van der Waals surface area contributed by atoms with Gasteiger partial charge in [-0.1, -0.05) is 24.3 Å². The molecule has 0 unspecified atom stereocenters. The van der Waals surface area contributed by atoms with Crippen LogP contribution in [0.5, 0.6) is 0 Å². The van der Waals surface area contributed by atoms with Gasteiger partial charge in [0.15, 0.2) is 0 Å². The Hall–Kier alpha value is -0.860. The molecule has 0 amide bonds. The standard InChI is InChI=1S/C19H32N2/c1-15(2)21(13-16-9-10-16)14-18-8-6-7-17(11-18)12-20-19(3,4)5/h6-8,11,15-16,20H,9-10,12-14H2,1-5H3. The highest BCUT2D eigenvalue weighted by atomic mass is 15.1. The van der Waals surface area contributed by atoms with Crippen LogP contribution in [0.2, 0.25) is 0 Å². The van der Waals surface area contributed by atoms with Gasteiger partial charge >= 0.3 is 0 Å². The highest BCUT2D eigenvalue weighted by Gasteiger charge is 2.25. The molecule has 0 spiro atoms. The molecule has 0 bridgehead atoms. The van der Waals surface area contributed by atoms with Gasteiger partial charge in [0, 0.05) is 31.2 Å². The molecule has 2 heteroatoms. The molecule has 0 atom stereocenters. The molecular formula is C19H32N2. The zero-order valence-electron chi connectivity index (χ0n) is 14.4. The van der Waals surface area contributed by atoms with Gasteiger partial charge in [0.05, 0.1) is 0 Å². The van der Waals surface area contributed by atoms with Gasteiger partial charge in [0.2, 0.25) is 0 Å². The summed E-state index contributed by atoms with van der Waals surface area (Å²) in [4.78, 5) is 2.62. The minimum Gasteiger partial charge on any atom is -0.308 e. The first kappa shape index (κ1) is 16.5. The predicted octanol–water partition coefficient (Wildman–Crippen LogP) is 4.20. The molecule has 1 fully saturated rings. The molecule has 1 aliphatic rings. The molecule has 0 saturated heterocycles. The molecule has 118 valence electrons. The fraction of sp³-hybridized carbons (Fsp3) is 0.684. The van der Waals surface area contributed by atoms with Crippen LogP contribution in [-0.4, -0.2) is 23.0 Å². The Morgan fingerprint density at radius 2 is 1.86 bits per heavy atom. The SMILES string of the molecule is CC(C)N(Cc1cccc(CNC(C)(C)C)c1)CC1CC1. The Kier molecular flexibility index (Phi) is 5.45. The molecular weight excluding hydrogens is 256 g/mol. The average Bonchev–Trinajstić information content (AvgIpc) is 3.19. The summed E-state index contributed by atoms with van der Waals surface area (Å²) in [6, 6.07) is 9.68. The van der Waals surface area contributed by atoms with Gasteiger partial charge in [0.25, 0.3) is 0 Å². The quantitative estimate of drug-likeness (QED) is 0.809. The van der Waals surface area contributed by atoms with Crippen LogP contribution in [0, 0.1) is 5.92 Å². The van der Waals surface area contributed by atoms with Crippen molar-refractivity contribution in [1.82, 2.24) is 10.2 Å². The summed E-state index contributed by atoms with van der Waals surface area (Å²) >= 11 is 0. The van der Waals surface area contributed by atoms with E-state index < -0.39 is 0 Å². The molecule has 1 saturated carbocycles. The van der Waals surface area contributed by atoms with Gasteiger partial charge in [-0.25, -0.2) is 0 Å². The summed E-state index contributed by atoms with van der Waals surface area (Å²) in [6.07, 6.45) is 2.86. The van der Waals surface area contributed by atoms with Crippen molar-refractivity contribution in [3.8, 4) is 0 Å². The Morgan fingerprint density at radius 3 is 2.43 bits per heavy atom. The zero-order chi connectivity index (χ0) is 15.5. The van der Waals surface area contributed by atoms with Crippen LogP contribution in [0.4, 0.5) is 0 Å². The molecule has 1 aromatic carbocycles. The third-order valence-corrected chi connectivity index (χ3v) is 4.12. The van der Waals surface area contributed by atoms with Crippen LogP contribution in [0.15, 0.2) is 24.3 Å². The smallest absolute Gasteiger partial charge is 0.0236 e. The number of benzene rings is 1. The first-order chi connectivity index (χ1) is 9.83. The highest BCUT2D eigenvalue weighted by Crippen LogP contribution is 2.30. The van der Waals surface area contributed by atoms with Crippen LogP contribution < -0.4 is 5.32 Å². The van der Waals surface area contributed by atoms with Crippen LogP contribution in [0.1, 0.15) is 58.6 Å². The lowest BCUT2D eigenvalue weighted by molar-refractivity contribution is 0.204. The molecule has 0 radical (unpaired) electrons. The second-order valence-electron chi connectivity index (χ2n) is 7.89. The third-order valence-electron chi connectivity index (χ3n) is 4.12. The summed E-state index contributed by atoms with van der Waals surface area (Å²) in [6.45, 7) is 14.6. The largest absolute Gasteiger partial charge is 0.308 e. The first-order valence-electron chi connectivity index (χ1n) is 8.40. The van der Waals surface area contributed by atoms with Crippen LogP contribution >= 0.6 is 0 Å². The van der Waals surface area contributed by atoms with Gasteiger partial charge in [-0.05, 0) is 64.5 Å². The highest BCUT2D eigenvalue weighted by molar-refractivity contribution is 5.23. The summed E-state index contributed by atoms with van der Waals surface area (Å²) in [5.41, 5.74) is 3.00. The van der Waals surface area contributed by atoms with E-state index in [4.69, 9.17) is 0 Å². The number of nitrogens with zero attached hydrogens (tertiary/aromatic N) is 1. The maximum atomic E-state index is 3.57. The Morgan fingerprint density at radius 1 is 1.19 bits per heavy atom. The molecule has 1 aliphatic carbocycles. The van der Waals surface area contributed by atoms with Gasteiger partial charge in [-0.3, -0.25) is 4.90 Å². The van der Waals surface area contributed by atoms with E-state index >= 15 is 0 Å². The molecule has 2 nitrogen and oxygen atoms in total. The topological polar surface area (TPSA) is 15.3 Å². The second kappa shape index (κ2) is 6.93. The minimum atomic E-state index is 0.173. The van der Waals surface area contributed by atoms with Gasteiger partial charge < -0.3 is 5.32 Å². The zero-order valence-corrected chi connectivity index (χ0v) is 14.4. The monoisotopic (exact) mass is 288 g/mol. The van der Waals surface area contributed by atoms with E-state index in [2.05, 4.69) is 69.1 Å². The summed E-state index contributed by atoms with van der Waals surface area (Å²) in [5.74, 6) is 0.957. The lowest BCUT2D eigenvalue weighted by atomic mass is 10.1. The number of hydrogen-bond acceptors (Lipinski definition) is 2. The first-order valence-corrected chi connectivity index (χ1v) is 8.40. The van der Waals surface area contributed by atoms with Gasteiger partial charge in [-0.15, -0.1) is 0 Å². The summed E-state index contributed by atoms with van der Waals surface area (Å²) in [5, 5.41) is 3.57. The minimum absolute atomic E-state index is 0.173. The van der Waals surface area contributed by atoms with Gasteiger partial charge in [0.1, 0.15) is 0 Å². The van der Waals surface area contributed by atoms with Crippen molar-refractivity contribution < 1.29 is 0 Å². The number of nitrogens with one attached hydrogen (secondary N) is 1. The molecule has 0 heterocycles. The van der Waals surface area contributed by atoms with E-state index in [1.165, 1.54) is 30.5 Å². The van der Waals surface area contributed by atoms with Crippen LogP contribution in [-0.2, 0) is 13.1 Å². The second-order valence-corrected chi connectivity index (χ2v) is 7.89. The summed E-state index contributed by atoms with van der Waals surface area (Å²) < 4.78 is 0. The molecule has 0 aromatic heterocycles. The summed E-state index contributed by atoms with van der Waals surface area (Å²) in [7, 11) is 0. The van der Waals surface area contributed by atoms with Crippen molar-refractivity contribution in [2.75, 3.05) is 6.54 Å². The van der Waals surface area contributed by atoms with E-state index in [1.54, 1.807) is 0 Å². The average molecular weight is 288 g/mol. The Balaban J connectivity index is 1.95. The maximum Gasteiger partial charge on any atom is 0.0236 e. The van der Waals surface area contributed by atoms with E-state index in [0.717, 1.165) is 19.0 Å². The van der Waals surface area contributed by atoms with E-state index in [9.17, 15) is 0 Å². The van der Waals surface area contributed by atoms with E-state index in [0.29, 0.717) is 6.04 Å². The fourth-order valence-electron chi connectivity index (χ4n) is 2.53. The predicted molar refractivity (Wildman–Crippen MR) is 91.3 cm³/mol. The molecule has 2 rings (SSSR count). The Labute approximate surface area is 130 Å². The van der Waals surface area contributed by atoms with Crippen molar-refractivity contribution in [3.63, 3.8) is 0 Å². The van der Waals surface area contributed by atoms with Crippen LogP contribution in [0.25, 0.3) is 0 Å². The van der Waals surface area contributed by atoms with Crippen molar-refractivity contribution >= 4 is 0 Å². The van der Waals surface area contributed by atoms with Crippen molar-refractivity contribution in [2.45, 2.75) is 72.1 Å². The lowest BCUT2D eigenvalue weighted by Crippen LogP contribution is -2.35. The lowest BCUT2D eigenvalue weighted by Gasteiger charge is -2.27. The van der Waals surface area contributed by atoms with Crippen molar-refractivity contribution in [2.24, 2.45) is 5.92 Å². The van der Waals surface area contributed by atoms with Crippen molar-refractivity contribution in [3.05, 3.63) is 35.4 Å². The number of rotatable bonds is 7. The Bertz CT molecular complexity index is 441. The molecule has 21 heavy (non-hydrogen) atoms.